The highest BCUT2D eigenvalue weighted by molar-refractivity contribution is 5.68. The van der Waals surface area contributed by atoms with E-state index >= 15 is 0 Å². The maximum atomic E-state index is 5.45. The van der Waals surface area contributed by atoms with Gasteiger partial charge in [0.25, 0.3) is 0 Å². The van der Waals surface area contributed by atoms with Crippen molar-refractivity contribution < 1.29 is 9.47 Å². The molecule has 1 aliphatic rings. The van der Waals surface area contributed by atoms with Gasteiger partial charge in [0.1, 0.15) is 5.82 Å². The van der Waals surface area contributed by atoms with E-state index in [-0.39, 0.29) is 6.79 Å². The maximum Gasteiger partial charge on any atom is 0.231 e. The molecule has 6 heteroatoms. The van der Waals surface area contributed by atoms with E-state index in [1.807, 2.05) is 54.6 Å². The minimum absolute atomic E-state index is 0.258. The first-order valence-electron chi connectivity index (χ1n) is 9.02. The number of nitrogens with one attached hydrogen (secondary N) is 2. The van der Waals surface area contributed by atoms with Crippen LogP contribution in [0.1, 0.15) is 13.8 Å². The molecule has 0 atom stereocenters. The summed E-state index contributed by atoms with van der Waals surface area (Å²) >= 11 is 0. The number of aromatic nitrogens is 2. The van der Waals surface area contributed by atoms with Crippen LogP contribution < -0.4 is 20.1 Å². The summed E-state index contributed by atoms with van der Waals surface area (Å²) in [5, 5.41) is 6.66. The quantitative estimate of drug-likeness (QED) is 0.663. The largest absolute Gasteiger partial charge is 0.454 e. The molecule has 0 aliphatic carbocycles. The summed E-state index contributed by atoms with van der Waals surface area (Å²) < 4.78 is 10.8. The molecule has 0 bridgehead atoms. The van der Waals surface area contributed by atoms with Gasteiger partial charge in [0.05, 0.1) is 5.69 Å². The SMILES string of the molecule is CC(C)CNc1nc(Nc2ccc3c(c2)OCO3)cc(-c2ccccc2)n1. The second kappa shape index (κ2) is 7.53. The van der Waals surface area contributed by atoms with Crippen molar-refractivity contribution in [3.05, 3.63) is 54.6 Å². The summed E-state index contributed by atoms with van der Waals surface area (Å²) in [5.74, 6) is 3.31. The predicted molar refractivity (Wildman–Crippen MR) is 107 cm³/mol. The lowest BCUT2D eigenvalue weighted by Gasteiger charge is -2.13. The zero-order valence-electron chi connectivity index (χ0n) is 15.4. The van der Waals surface area contributed by atoms with Crippen LogP contribution in [0.5, 0.6) is 11.5 Å². The molecule has 0 fully saturated rings. The minimum Gasteiger partial charge on any atom is -0.454 e. The van der Waals surface area contributed by atoms with Gasteiger partial charge in [-0.3, -0.25) is 0 Å². The zero-order chi connectivity index (χ0) is 18.6. The molecule has 6 nitrogen and oxygen atoms in total. The van der Waals surface area contributed by atoms with Gasteiger partial charge in [-0.1, -0.05) is 44.2 Å². The van der Waals surface area contributed by atoms with Crippen molar-refractivity contribution in [2.75, 3.05) is 24.0 Å². The number of benzene rings is 2. The minimum atomic E-state index is 0.258. The third-order valence-corrected chi connectivity index (χ3v) is 4.11. The molecule has 1 aromatic heterocycles. The van der Waals surface area contributed by atoms with Gasteiger partial charge in [0, 0.05) is 29.9 Å². The number of rotatable bonds is 6. The highest BCUT2D eigenvalue weighted by atomic mass is 16.7. The Morgan fingerprint density at radius 2 is 1.78 bits per heavy atom. The Hall–Kier alpha value is -3.28. The molecular weight excluding hydrogens is 340 g/mol. The molecule has 2 aromatic carbocycles. The van der Waals surface area contributed by atoms with Gasteiger partial charge in [-0.05, 0) is 18.1 Å². The average molecular weight is 362 g/mol. The van der Waals surface area contributed by atoms with Crippen LogP contribution in [0, 0.1) is 5.92 Å². The second-order valence-electron chi connectivity index (χ2n) is 6.80. The molecule has 0 saturated carbocycles. The van der Waals surface area contributed by atoms with Crippen LogP contribution in [0.3, 0.4) is 0 Å². The Balaban J connectivity index is 1.65. The standard InChI is InChI=1S/C21H22N4O2/c1-14(2)12-22-21-24-17(15-6-4-3-5-7-15)11-20(25-21)23-16-8-9-18-19(10-16)27-13-26-18/h3-11,14H,12-13H2,1-2H3,(H2,22,23,24,25). The fourth-order valence-electron chi connectivity index (χ4n) is 2.76. The van der Waals surface area contributed by atoms with Crippen molar-refractivity contribution in [3.8, 4) is 22.8 Å². The van der Waals surface area contributed by atoms with Gasteiger partial charge in [-0.15, -0.1) is 0 Å². The van der Waals surface area contributed by atoms with Crippen molar-refractivity contribution >= 4 is 17.5 Å². The fraction of sp³-hybridized carbons (Fsp3) is 0.238. The van der Waals surface area contributed by atoms with E-state index in [1.54, 1.807) is 0 Å². The van der Waals surface area contributed by atoms with Crippen LogP contribution in [0.2, 0.25) is 0 Å². The first-order chi connectivity index (χ1) is 13.2. The van der Waals surface area contributed by atoms with E-state index in [2.05, 4.69) is 34.4 Å². The third kappa shape index (κ3) is 4.11. The lowest BCUT2D eigenvalue weighted by Crippen LogP contribution is -2.11. The Bertz CT molecular complexity index is 929. The number of ether oxygens (including phenoxy) is 2. The molecule has 0 spiro atoms. The third-order valence-electron chi connectivity index (χ3n) is 4.11. The van der Waals surface area contributed by atoms with Crippen LogP contribution in [0.25, 0.3) is 11.3 Å². The van der Waals surface area contributed by atoms with Gasteiger partial charge >= 0.3 is 0 Å². The Morgan fingerprint density at radius 3 is 2.59 bits per heavy atom. The van der Waals surface area contributed by atoms with E-state index in [0.717, 1.165) is 35.0 Å². The first kappa shape index (κ1) is 17.1. The number of hydrogen-bond donors (Lipinski definition) is 2. The van der Waals surface area contributed by atoms with Crippen molar-refractivity contribution in [2.45, 2.75) is 13.8 Å². The molecule has 4 rings (SSSR count). The molecule has 138 valence electrons. The van der Waals surface area contributed by atoms with Crippen molar-refractivity contribution in [2.24, 2.45) is 5.92 Å². The van der Waals surface area contributed by atoms with Crippen LogP contribution in [0.4, 0.5) is 17.5 Å². The Morgan fingerprint density at radius 1 is 0.963 bits per heavy atom. The molecule has 2 heterocycles. The lowest BCUT2D eigenvalue weighted by molar-refractivity contribution is 0.174. The van der Waals surface area contributed by atoms with Crippen LogP contribution in [-0.4, -0.2) is 23.3 Å². The number of anilines is 3. The molecule has 2 N–H and O–H groups in total. The van der Waals surface area contributed by atoms with Gasteiger partial charge in [-0.2, -0.15) is 4.98 Å². The first-order valence-corrected chi connectivity index (χ1v) is 9.02. The van der Waals surface area contributed by atoms with E-state index in [0.29, 0.717) is 17.7 Å². The van der Waals surface area contributed by atoms with Crippen molar-refractivity contribution in [1.82, 2.24) is 9.97 Å². The predicted octanol–water partition coefficient (Wildman–Crippen LogP) is 4.68. The van der Waals surface area contributed by atoms with Gasteiger partial charge in [-0.25, -0.2) is 4.98 Å². The Labute approximate surface area is 158 Å². The molecule has 27 heavy (non-hydrogen) atoms. The highest BCUT2D eigenvalue weighted by Gasteiger charge is 2.14. The molecular formula is C21H22N4O2. The van der Waals surface area contributed by atoms with E-state index in [9.17, 15) is 0 Å². The Kier molecular flexibility index (Phi) is 4.78. The van der Waals surface area contributed by atoms with Crippen molar-refractivity contribution in [3.63, 3.8) is 0 Å². The molecule has 3 aromatic rings. The molecule has 0 radical (unpaired) electrons. The summed E-state index contributed by atoms with van der Waals surface area (Å²) in [6, 6.07) is 17.8. The van der Waals surface area contributed by atoms with Crippen molar-refractivity contribution in [1.29, 1.82) is 0 Å². The summed E-state index contributed by atoms with van der Waals surface area (Å²) in [7, 11) is 0. The second-order valence-corrected chi connectivity index (χ2v) is 6.80. The smallest absolute Gasteiger partial charge is 0.231 e. The summed E-state index contributed by atoms with van der Waals surface area (Å²) in [6.07, 6.45) is 0. The molecule has 1 aliphatic heterocycles. The number of hydrogen-bond acceptors (Lipinski definition) is 6. The molecule has 0 unspecified atom stereocenters. The topological polar surface area (TPSA) is 68.3 Å². The normalized spacial score (nSPS) is 12.3. The molecule has 0 saturated heterocycles. The monoisotopic (exact) mass is 362 g/mol. The van der Waals surface area contributed by atoms with Crippen LogP contribution >= 0.6 is 0 Å². The maximum absolute atomic E-state index is 5.45. The van der Waals surface area contributed by atoms with E-state index in [1.165, 1.54) is 0 Å². The van der Waals surface area contributed by atoms with Gasteiger partial charge in [0.15, 0.2) is 11.5 Å². The number of fused-ring (bicyclic) bond motifs is 1. The van der Waals surface area contributed by atoms with E-state index < -0.39 is 0 Å². The van der Waals surface area contributed by atoms with Gasteiger partial charge < -0.3 is 20.1 Å². The van der Waals surface area contributed by atoms with Crippen LogP contribution in [0.15, 0.2) is 54.6 Å². The average Bonchev–Trinajstić information content (AvgIpc) is 3.15. The summed E-state index contributed by atoms with van der Waals surface area (Å²) in [5.41, 5.74) is 2.79. The zero-order valence-corrected chi connectivity index (χ0v) is 15.4. The highest BCUT2D eigenvalue weighted by Crippen LogP contribution is 2.35. The summed E-state index contributed by atoms with van der Waals surface area (Å²) in [4.78, 5) is 9.28. The van der Waals surface area contributed by atoms with Gasteiger partial charge in [0.2, 0.25) is 12.7 Å². The summed E-state index contributed by atoms with van der Waals surface area (Å²) in [6.45, 7) is 5.37. The molecule has 0 amide bonds. The number of nitrogens with zero attached hydrogens (tertiary/aromatic N) is 2. The van der Waals surface area contributed by atoms with E-state index in [4.69, 9.17) is 9.47 Å². The van der Waals surface area contributed by atoms with Crippen LogP contribution in [-0.2, 0) is 0 Å². The fourth-order valence-corrected chi connectivity index (χ4v) is 2.76. The lowest BCUT2D eigenvalue weighted by atomic mass is 10.1.